The molecule has 3 aromatic heterocycles. The van der Waals surface area contributed by atoms with Crippen molar-refractivity contribution in [2.24, 2.45) is 0 Å². The zero-order chi connectivity index (χ0) is 23.3. The van der Waals surface area contributed by atoms with E-state index < -0.39 is 0 Å². The van der Waals surface area contributed by atoms with E-state index in [9.17, 15) is 4.79 Å². The maximum atomic E-state index is 11.7. The smallest absolute Gasteiger partial charge is 0.247 e. The summed E-state index contributed by atoms with van der Waals surface area (Å²) in [6.07, 6.45) is 8.81. The third-order valence-electron chi connectivity index (χ3n) is 5.82. The van der Waals surface area contributed by atoms with E-state index in [1.165, 1.54) is 11.6 Å². The summed E-state index contributed by atoms with van der Waals surface area (Å²) in [5.41, 5.74) is 8.06. The minimum atomic E-state index is -0.237. The van der Waals surface area contributed by atoms with Gasteiger partial charge in [0, 0.05) is 46.5 Å². The first kappa shape index (κ1) is 21.3. The van der Waals surface area contributed by atoms with E-state index in [4.69, 9.17) is 0 Å². The van der Waals surface area contributed by atoms with Crippen LogP contribution in [0.5, 0.6) is 0 Å². The predicted octanol–water partition coefficient (Wildman–Crippen LogP) is 6.20. The molecule has 2 aromatic carbocycles. The molecule has 34 heavy (non-hydrogen) atoms. The van der Waals surface area contributed by atoms with Gasteiger partial charge in [0.2, 0.25) is 5.91 Å². The van der Waals surface area contributed by atoms with Crippen molar-refractivity contribution in [2.45, 2.75) is 12.8 Å². The number of carbonyl (C=O) groups is 1. The lowest BCUT2D eigenvalue weighted by atomic mass is 10.0. The summed E-state index contributed by atoms with van der Waals surface area (Å²) < 4.78 is 0. The van der Waals surface area contributed by atoms with Gasteiger partial charge in [-0.1, -0.05) is 49.0 Å². The molecule has 5 rings (SSSR count). The normalized spacial score (nSPS) is 10.8. The number of nitrogens with zero attached hydrogens (tertiary/aromatic N) is 2. The van der Waals surface area contributed by atoms with Crippen LogP contribution < -0.4 is 5.32 Å². The average molecular weight is 445 g/mol. The molecule has 0 aliphatic heterocycles. The van der Waals surface area contributed by atoms with Gasteiger partial charge in [0.15, 0.2) is 0 Å². The Labute approximate surface area is 198 Å². The molecule has 2 N–H and O–H groups in total. The van der Waals surface area contributed by atoms with Crippen LogP contribution in [-0.4, -0.2) is 20.9 Å². The Hall–Kier alpha value is -4.51. The molecule has 0 unspecified atom stereocenters. The molecule has 1 amide bonds. The summed E-state index contributed by atoms with van der Waals surface area (Å²) in [6, 6.07) is 24.5. The van der Waals surface area contributed by atoms with Crippen LogP contribution in [0.4, 0.5) is 5.69 Å². The number of benzene rings is 2. The molecule has 5 nitrogen and oxygen atoms in total. The Balaban J connectivity index is 1.44. The highest BCUT2D eigenvalue weighted by molar-refractivity contribution is 5.99. The number of aromatic nitrogens is 3. The molecule has 3 heterocycles. The summed E-state index contributed by atoms with van der Waals surface area (Å²) >= 11 is 0. The van der Waals surface area contributed by atoms with Gasteiger partial charge in [-0.05, 0) is 65.9 Å². The van der Waals surface area contributed by atoms with Crippen molar-refractivity contribution < 1.29 is 4.79 Å². The number of aromatic amines is 1. The topological polar surface area (TPSA) is 70.7 Å². The Morgan fingerprint density at radius 2 is 1.79 bits per heavy atom. The quantitative estimate of drug-likeness (QED) is 0.294. The van der Waals surface area contributed by atoms with E-state index in [0.717, 1.165) is 51.8 Å². The minimum absolute atomic E-state index is 0.237. The molecule has 0 saturated carbocycles. The second-order valence-electron chi connectivity index (χ2n) is 8.12. The number of carbonyl (C=O) groups excluding carboxylic acids is 1. The standard InChI is InChI=1S/C29H24N4O/c1-2-28(34)33-25-10-6-9-21(15-25)23-17-26-27(19-32-29(26)31-18-23)22-13-14-30-24(16-22)12-11-20-7-4-3-5-8-20/h2-10,13-19H,1,11-12H2,(H,31,32)(H,33,34). The van der Waals surface area contributed by atoms with Crippen LogP contribution in [0.15, 0.2) is 104 Å². The number of nitrogens with one attached hydrogen (secondary N) is 2. The molecule has 0 saturated heterocycles. The van der Waals surface area contributed by atoms with Crippen LogP contribution in [0.1, 0.15) is 11.3 Å². The van der Waals surface area contributed by atoms with Crippen molar-refractivity contribution in [1.82, 2.24) is 15.0 Å². The number of anilines is 1. The maximum absolute atomic E-state index is 11.7. The summed E-state index contributed by atoms with van der Waals surface area (Å²) in [5, 5.41) is 3.85. The van der Waals surface area contributed by atoms with Crippen molar-refractivity contribution in [3.63, 3.8) is 0 Å². The van der Waals surface area contributed by atoms with E-state index in [1.54, 1.807) is 0 Å². The fourth-order valence-corrected chi connectivity index (χ4v) is 4.07. The number of pyridine rings is 2. The molecule has 0 aliphatic carbocycles. The van der Waals surface area contributed by atoms with Crippen LogP contribution in [0.25, 0.3) is 33.3 Å². The van der Waals surface area contributed by atoms with Crippen LogP contribution in [0.2, 0.25) is 0 Å². The van der Waals surface area contributed by atoms with Gasteiger partial charge in [-0.25, -0.2) is 4.98 Å². The number of hydrogen-bond acceptors (Lipinski definition) is 3. The summed E-state index contributed by atoms with van der Waals surface area (Å²) in [7, 11) is 0. The lowest BCUT2D eigenvalue weighted by Gasteiger charge is -2.07. The van der Waals surface area contributed by atoms with Crippen molar-refractivity contribution >= 4 is 22.6 Å². The minimum Gasteiger partial charge on any atom is -0.346 e. The molecule has 0 bridgehead atoms. The van der Waals surface area contributed by atoms with Crippen LogP contribution in [0, 0.1) is 0 Å². The Morgan fingerprint density at radius 3 is 2.65 bits per heavy atom. The lowest BCUT2D eigenvalue weighted by Crippen LogP contribution is -2.06. The number of aryl methyl sites for hydroxylation is 2. The number of hydrogen-bond donors (Lipinski definition) is 2. The van der Waals surface area contributed by atoms with E-state index in [2.05, 4.69) is 63.2 Å². The molecule has 5 aromatic rings. The van der Waals surface area contributed by atoms with Crippen LogP contribution >= 0.6 is 0 Å². The number of fused-ring (bicyclic) bond motifs is 1. The molecule has 0 spiro atoms. The molecule has 0 atom stereocenters. The monoisotopic (exact) mass is 444 g/mol. The van der Waals surface area contributed by atoms with Gasteiger partial charge in [-0.15, -0.1) is 0 Å². The van der Waals surface area contributed by atoms with Crippen molar-refractivity contribution in [3.05, 3.63) is 115 Å². The van der Waals surface area contributed by atoms with Crippen molar-refractivity contribution in [1.29, 1.82) is 0 Å². The second-order valence-corrected chi connectivity index (χ2v) is 8.12. The SMILES string of the molecule is C=CC(=O)Nc1cccc(-c2cnc3[nH]cc(-c4ccnc(CCc5ccccc5)c4)c3c2)c1. The summed E-state index contributed by atoms with van der Waals surface area (Å²) in [5.74, 6) is -0.237. The third-order valence-corrected chi connectivity index (χ3v) is 5.82. The van der Waals surface area contributed by atoms with Crippen LogP contribution in [0.3, 0.4) is 0 Å². The fraction of sp³-hybridized carbons (Fsp3) is 0.0690. The van der Waals surface area contributed by atoms with Crippen LogP contribution in [-0.2, 0) is 17.6 Å². The van der Waals surface area contributed by atoms with E-state index in [-0.39, 0.29) is 5.91 Å². The first-order chi connectivity index (χ1) is 16.7. The van der Waals surface area contributed by atoms with Gasteiger partial charge in [-0.2, -0.15) is 0 Å². The van der Waals surface area contributed by atoms with Gasteiger partial charge in [0.1, 0.15) is 5.65 Å². The molecular weight excluding hydrogens is 420 g/mol. The summed E-state index contributed by atoms with van der Waals surface area (Å²) in [4.78, 5) is 24.2. The Bertz CT molecular complexity index is 1470. The van der Waals surface area contributed by atoms with Crippen molar-refractivity contribution in [3.8, 4) is 22.3 Å². The Morgan fingerprint density at radius 1 is 0.912 bits per heavy atom. The molecule has 0 aliphatic rings. The summed E-state index contributed by atoms with van der Waals surface area (Å²) in [6.45, 7) is 3.51. The first-order valence-corrected chi connectivity index (χ1v) is 11.2. The maximum Gasteiger partial charge on any atom is 0.247 e. The predicted molar refractivity (Wildman–Crippen MR) is 137 cm³/mol. The van der Waals surface area contributed by atoms with Gasteiger partial charge in [0.25, 0.3) is 0 Å². The zero-order valence-electron chi connectivity index (χ0n) is 18.7. The highest BCUT2D eigenvalue weighted by Crippen LogP contribution is 2.32. The third kappa shape index (κ3) is 4.64. The molecular formula is C29H24N4O. The van der Waals surface area contributed by atoms with E-state index in [1.807, 2.05) is 55.0 Å². The molecule has 166 valence electrons. The number of H-pyrrole nitrogens is 1. The number of rotatable bonds is 7. The van der Waals surface area contributed by atoms with Gasteiger partial charge in [-0.3, -0.25) is 9.78 Å². The Kier molecular flexibility index (Phi) is 5.99. The van der Waals surface area contributed by atoms with Gasteiger partial charge < -0.3 is 10.3 Å². The first-order valence-electron chi connectivity index (χ1n) is 11.2. The second kappa shape index (κ2) is 9.55. The van der Waals surface area contributed by atoms with E-state index in [0.29, 0.717) is 5.69 Å². The molecule has 5 heteroatoms. The molecule has 0 radical (unpaired) electrons. The largest absolute Gasteiger partial charge is 0.346 e. The highest BCUT2D eigenvalue weighted by atomic mass is 16.1. The van der Waals surface area contributed by atoms with Gasteiger partial charge in [0.05, 0.1) is 0 Å². The average Bonchev–Trinajstić information content (AvgIpc) is 3.32. The van der Waals surface area contributed by atoms with Gasteiger partial charge >= 0.3 is 0 Å². The number of amides is 1. The van der Waals surface area contributed by atoms with E-state index >= 15 is 0 Å². The lowest BCUT2D eigenvalue weighted by molar-refractivity contribution is -0.111. The highest BCUT2D eigenvalue weighted by Gasteiger charge is 2.11. The fourth-order valence-electron chi connectivity index (χ4n) is 4.07. The van der Waals surface area contributed by atoms with Crippen molar-refractivity contribution in [2.75, 3.05) is 5.32 Å². The molecule has 0 fully saturated rings. The zero-order valence-corrected chi connectivity index (χ0v) is 18.7.